The topological polar surface area (TPSA) is 33.1 Å². The molecule has 4 nitrogen and oxygen atoms in total. The third-order valence-electron chi connectivity index (χ3n) is 4.51. The molecular formula is C15H28N4. The molecule has 108 valence electrons. The number of rotatable bonds is 4. The molecule has 0 bridgehead atoms. The Morgan fingerprint density at radius 3 is 2.63 bits per heavy atom. The van der Waals surface area contributed by atoms with Crippen molar-refractivity contribution in [3.05, 3.63) is 18.0 Å². The summed E-state index contributed by atoms with van der Waals surface area (Å²) in [7, 11) is 0. The number of nitrogens with one attached hydrogen (secondary N) is 1. The molecule has 1 unspecified atom stereocenters. The van der Waals surface area contributed by atoms with Gasteiger partial charge in [-0.05, 0) is 34.1 Å². The third-order valence-corrected chi connectivity index (χ3v) is 4.51. The quantitative estimate of drug-likeness (QED) is 0.905. The monoisotopic (exact) mass is 264 g/mol. The lowest BCUT2D eigenvalue weighted by atomic mass is 9.88. The predicted octanol–water partition coefficient (Wildman–Crippen LogP) is 2.26. The van der Waals surface area contributed by atoms with Gasteiger partial charge in [0.1, 0.15) is 0 Å². The van der Waals surface area contributed by atoms with Crippen LogP contribution in [0.2, 0.25) is 0 Å². The van der Waals surface area contributed by atoms with Crippen LogP contribution in [0.3, 0.4) is 0 Å². The Labute approximate surface area is 117 Å². The van der Waals surface area contributed by atoms with Gasteiger partial charge in [-0.15, -0.1) is 0 Å². The van der Waals surface area contributed by atoms with Crippen molar-refractivity contribution in [2.24, 2.45) is 0 Å². The second kappa shape index (κ2) is 5.25. The summed E-state index contributed by atoms with van der Waals surface area (Å²) >= 11 is 0. The highest BCUT2D eigenvalue weighted by Crippen LogP contribution is 2.27. The molecule has 0 radical (unpaired) electrons. The number of aryl methyl sites for hydroxylation is 1. The van der Waals surface area contributed by atoms with Crippen LogP contribution in [0.25, 0.3) is 0 Å². The zero-order valence-electron chi connectivity index (χ0n) is 13.0. The SMILES string of the molecule is CCn1cc(CN2CC(C)(CC)NCC2(C)C)cn1. The van der Waals surface area contributed by atoms with Crippen molar-refractivity contribution in [2.45, 2.75) is 65.2 Å². The Balaban J connectivity index is 2.11. The minimum absolute atomic E-state index is 0.197. The molecule has 1 N–H and O–H groups in total. The van der Waals surface area contributed by atoms with Crippen LogP contribution in [0.4, 0.5) is 0 Å². The van der Waals surface area contributed by atoms with Crippen LogP contribution in [0.1, 0.15) is 46.6 Å². The Hall–Kier alpha value is -0.870. The molecular weight excluding hydrogens is 236 g/mol. The first-order valence-electron chi connectivity index (χ1n) is 7.40. The van der Waals surface area contributed by atoms with Crippen LogP contribution in [-0.2, 0) is 13.1 Å². The number of hydrogen-bond donors (Lipinski definition) is 1. The van der Waals surface area contributed by atoms with Gasteiger partial charge in [-0.1, -0.05) is 6.92 Å². The second-order valence-electron chi connectivity index (χ2n) is 6.64. The first-order valence-corrected chi connectivity index (χ1v) is 7.40. The van der Waals surface area contributed by atoms with Crippen molar-refractivity contribution in [1.82, 2.24) is 20.0 Å². The predicted molar refractivity (Wildman–Crippen MR) is 79.1 cm³/mol. The number of nitrogens with zero attached hydrogens (tertiary/aromatic N) is 3. The Morgan fingerprint density at radius 2 is 2.05 bits per heavy atom. The molecule has 1 aromatic rings. The van der Waals surface area contributed by atoms with Gasteiger partial charge in [-0.3, -0.25) is 9.58 Å². The average Bonchev–Trinajstić information content (AvgIpc) is 2.82. The fraction of sp³-hybridized carbons (Fsp3) is 0.800. The lowest BCUT2D eigenvalue weighted by Gasteiger charge is -2.50. The van der Waals surface area contributed by atoms with E-state index in [0.717, 1.165) is 32.6 Å². The molecule has 1 aliphatic heterocycles. The molecule has 0 aromatic carbocycles. The van der Waals surface area contributed by atoms with E-state index in [1.807, 2.05) is 10.9 Å². The average molecular weight is 264 g/mol. The molecule has 2 heterocycles. The van der Waals surface area contributed by atoms with Gasteiger partial charge in [0.15, 0.2) is 0 Å². The normalized spacial score (nSPS) is 27.6. The van der Waals surface area contributed by atoms with Crippen LogP contribution in [0.5, 0.6) is 0 Å². The van der Waals surface area contributed by atoms with Gasteiger partial charge in [0.05, 0.1) is 6.20 Å². The van der Waals surface area contributed by atoms with Crippen LogP contribution in [0, 0.1) is 0 Å². The van der Waals surface area contributed by atoms with E-state index in [1.54, 1.807) is 0 Å². The van der Waals surface area contributed by atoms with Gasteiger partial charge in [0, 0.05) is 49.0 Å². The Bertz CT molecular complexity index is 424. The van der Waals surface area contributed by atoms with Crippen LogP contribution in [0.15, 0.2) is 12.4 Å². The molecule has 1 atom stereocenters. The number of hydrogen-bond acceptors (Lipinski definition) is 3. The molecule has 1 saturated heterocycles. The molecule has 0 spiro atoms. The molecule has 1 aromatic heterocycles. The molecule has 0 saturated carbocycles. The molecule has 4 heteroatoms. The summed E-state index contributed by atoms with van der Waals surface area (Å²) in [6.45, 7) is 15.4. The first-order chi connectivity index (χ1) is 8.88. The smallest absolute Gasteiger partial charge is 0.0534 e. The van der Waals surface area contributed by atoms with Gasteiger partial charge in [0.25, 0.3) is 0 Å². The number of piperazine rings is 1. The highest BCUT2D eigenvalue weighted by Gasteiger charge is 2.38. The van der Waals surface area contributed by atoms with Crippen molar-refractivity contribution in [3.8, 4) is 0 Å². The van der Waals surface area contributed by atoms with Crippen molar-refractivity contribution < 1.29 is 0 Å². The first kappa shape index (κ1) is 14.5. The van der Waals surface area contributed by atoms with Crippen molar-refractivity contribution in [1.29, 1.82) is 0 Å². The van der Waals surface area contributed by atoms with Crippen molar-refractivity contribution in [2.75, 3.05) is 13.1 Å². The van der Waals surface area contributed by atoms with E-state index < -0.39 is 0 Å². The van der Waals surface area contributed by atoms with E-state index in [9.17, 15) is 0 Å². The Kier molecular flexibility index (Phi) is 4.02. The van der Waals surface area contributed by atoms with Gasteiger partial charge >= 0.3 is 0 Å². The van der Waals surface area contributed by atoms with Gasteiger partial charge in [0.2, 0.25) is 0 Å². The zero-order chi connectivity index (χ0) is 14.1. The summed E-state index contributed by atoms with van der Waals surface area (Å²) in [5, 5.41) is 8.08. The van der Waals surface area contributed by atoms with Gasteiger partial charge < -0.3 is 5.32 Å². The van der Waals surface area contributed by atoms with E-state index in [2.05, 4.69) is 56.1 Å². The fourth-order valence-corrected chi connectivity index (χ4v) is 2.62. The maximum Gasteiger partial charge on any atom is 0.0534 e. The molecule has 1 fully saturated rings. The summed E-state index contributed by atoms with van der Waals surface area (Å²) in [6.07, 6.45) is 5.33. The highest BCUT2D eigenvalue weighted by atomic mass is 15.3. The van der Waals surface area contributed by atoms with E-state index >= 15 is 0 Å². The van der Waals surface area contributed by atoms with E-state index in [4.69, 9.17) is 0 Å². The largest absolute Gasteiger partial charge is 0.308 e. The van der Waals surface area contributed by atoms with Crippen LogP contribution >= 0.6 is 0 Å². The summed E-state index contributed by atoms with van der Waals surface area (Å²) in [5.41, 5.74) is 1.74. The van der Waals surface area contributed by atoms with Crippen LogP contribution in [-0.4, -0.2) is 38.8 Å². The van der Waals surface area contributed by atoms with E-state index in [1.165, 1.54) is 5.56 Å². The highest BCUT2D eigenvalue weighted by molar-refractivity contribution is 5.07. The third kappa shape index (κ3) is 3.18. The number of aromatic nitrogens is 2. The molecule has 0 amide bonds. The summed E-state index contributed by atoms with van der Waals surface area (Å²) in [6, 6.07) is 0. The maximum absolute atomic E-state index is 4.38. The molecule has 0 aliphatic carbocycles. The van der Waals surface area contributed by atoms with Gasteiger partial charge in [-0.25, -0.2) is 0 Å². The zero-order valence-corrected chi connectivity index (χ0v) is 13.0. The van der Waals surface area contributed by atoms with Crippen molar-refractivity contribution in [3.63, 3.8) is 0 Å². The van der Waals surface area contributed by atoms with E-state index in [-0.39, 0.29) is 11.1 Å². The fourth-order valence-electron chi connectivity index (χ4n) is 2.62. The van der Waals surface area contributed by atoms with Crippen molar-refractivity contribution >= 4 is 0 Å². The standard InChI is InChI=1S/C15H28N4/c1-6-15(5)12-18(14(3,4)11-16-15)9-13-8-17-19(7-2)10-13/h8,10,16H,6-7,9,11-12H2,1-5H3. The van der Waals surface area contributed by atoms with E-state index in [0.29, 0.717) is 0 Å². The molecule has 2 rings (SSSR count). The summed E-state index contributed by atoms with van der Waals surface area (Å²) in [4.78, 5) is 2.59. The summed E-state index contributed by atoms with van der Waals surface area (Å²) < 4.78 is 2.00. The maximum atomic E-state index is 4.38. The molecule has 19 heavy (non-hydrogen) atoms. The second-order valence-corrected chi connectivity index (χ2v) is 6.64. The lowest BCUT2D eigenvalue weighted by Crippen LogP contribution is -2.66. The summed E-state index contributed by atoms with van der Waals surface area (Å²) in [5.74, 6) is 0. The van der Waals surface area contributed by atoms with Crippen LogP contribution < -0.4 is 5.32 Å². The molecule has 1 aliphatic rings. The Morgan fingerprint density at radius 1 is 1.32 bits per heavy atom. The van der Waals surface area contributed by atoms with Gasteiger partial charge in [-0.2, -0.15) is 5.10 Å². The lowest BCUT2D eigenvalue weighted by molar-refractivity contribution is 0.0246. The minimum atomic E-state index is 0.197. The minimum Gasteiger partial charge on any atom is -0.308 e.